The molecule has 4 rings (SSSR count). The van der Waals surface area contributed by atoms with Gasteiger partial charge in [0.15, 0.2) is 5.75 Å². The van der Waals surface area contributed by atoms with Crippen LogP contribution in [0.5, 0.6) is 11.5 Å². The van der Waals surface area contributed by atoms with Crippen molar-refractivity contribution in [2.45, 2.75) is 19.3 Å². The van der Waals surface area contributed by atoms with Crippen molar-refractivity contribution in [3.8, 4) is 11.5 Å². The van der Waals surface area contributed by atoms with E-state index in [0.717, 1.165) is 23.3 Å². The van der Waals surface area contributed by atoms with Gasteiger partial charge in [-0.3, -0.25) is 0 Å². The first-order valence-corrected chi connectivity index (χ1v) is 8.21. The third-order valence-corrected chi connectivity index (χ3v) is 4.21. The first-order valence-electron chi connectivity index (χ1n) is 8.21. The van der Waals surface area contributed by atoms with Gasteiger partial charge in [0.05, 0.1) is 18.1 Å². The quantitative estimate of drug-likeness (QED) is 0.625. The lowest BCUT2D eigenvalue weighted by Gasteiger charge is -2.26. The van der Waals surface area contributed by atoms with E-state index in [1.807, 2.05) is 30.3 Å². The first-order chi connectivity index (χ1) is 11.9. The smallest absolute Gasteiger partial charge is 0.200 e. The maximum Gasteiger partial charge on any atom is 0.200 e. The summed E-state index contributed by atoms with van der Waals surface area (Å²) in [6.45, 7) is 5.76. The molecule has 120 valence electrons. The van der Waals surface area contributed by atoms with Crippen molar-refractivity contribution in [3.63, 3.8) is 0 Å². The van der Waals surface area contributed by atoms with E-state index in [0.29, 0.717) is 12.4 Å². The van der Waals surface area contributed by atoms with Crippen molar-refractivity contribution in [1.29, 1.82) is 0 Å². The molecule has 1 unspecified atom stereocenters. The molecule has 0 spiro atoms. The summed E-state index contributed by atoms with van der Waals surface area (Å²) in [6, 6.07) is 20.4. The van der Waals surface area contributed by atoms with Gasteiger partial charge in [-0.05, 0) is 34.9 Å². The SMILES string of the molecule is CCCOc1cccc2c1C(c1cccc3ccccc13)[C]OO2. The zero-order chi connectivity index (χ0) is 16.4. The van der Waals surface area contributed by atoms with Crippen molar-refractivity contribution in [2.24, 2.45) is 0 Å². The Morgan fingerprint density at radius 3 is 2.75 bits per heavy atom. The maximum absolute atomic E-state index is 5.94. The fourth-order valence-electron chi connectivity index (χ4n) is 3.12. The van der Waals surface area contributed by atoms with Crippen molar-refractivity contribution < 1.29 is 14.5 Å². The van der Waals surface area contributed by atoms with Gasteiger partial charge in [-0.1, -0.05) is 55.5 Å². The molecule has 24 heavy (non-hydrogen) atoms. The molecule has 2 radical (unpaired) electrons. The van der Waals surface area contributed by atoms with Crippen LogP contribution in [0.1, 0.15) is 30.4 Å². The standard InChI is InChI=1S/C21H18O3/c1-2-13-22-19-11-6-12-20-21(19)18(14-23-24-20)17-10-5-8-15-7-3-4-9-16(15)17/h3-12,18H,2,13H2,1H3. The third-order valence-electron chi connectivity index (χ3n) is 4.21. The Morgan fingerprint density at radius 2 is 1.83 bits per heavy atom. The zero-order valence-corrected chi connectivity index (χ0v) is 13.5. The highest BCUT2D eigenvalue weighted by molar-refractivity contribution is 5.87. The summed E-state index contributed by atoms with van der Waals surface area (Å²) in [5.74, 6) is 1.34. The molecular weight excluding hydrogens is 300 g/mol. The molecule has 0 amide bonds. The average Bonchev–Trinajstić information content (AvgIpc) is 2.65. The van der Waals surface area contributed by atoms with Crippen molar-refractivity contribution in [1.82, 2.24) is 0 Å². The van der Waals surface area contributed by atoms with Crippen LogP contribution in [0.3, 0.4) is 0 Å². The molecule has 0 bridgehead atoms. The molecule has 1 atom stereocenters. The van der Waals surface area contributed by atoms with E-state index in [1.165, 1.54) is 10.8 Å². The summed E-state index contributed by atoms with van der Waals surface area (Å²) in [6.07, 6.45) is 0.952. The Morgan fingerprint density at radius 1 is 1.00 bits per heavy atom. The Hall–Kier alpha value is -2.52. The normalized spacial score (nSPS) is 16.5. The number of benzene rings is 3. The van der Waals surface area contributed by atoms with Gasteiger partial charge in [0.1, 0.15) is 5.75 Å². The highest BCUT2D eigenvalue weighted by Crippen LogP contribution is 2.45. The first kappa shape index (κ1) is 15.0. The van der Waals surface area contributed by atoms with Crippen LogP contribution in [0.15, 0.2) is 60.7 Å². The van der Waals surface area contributed by atoms with Crippen LogP contribution in [-0.4, -0.2) is 6.61 Å². The summed E-state index contributed by atoms with van der Waals surface area (Å²) in [7, 11) is 0. The monoisotopic (exact) mass is 318 g/mol. The van der Waals surface area contributed by atoms with Gasteiger partial charge >= 0.3 is 0 Å². The molecule has 3 aromatic carbocycles. The molecule has 3 heteroatoms. The number of hydrogen-bond donors (Lipinski definition) is 0. The largest absolute Gasteiger partial charge is 0.493 e. The second-order valence-corrected chi connectivity index (χ2v) is 5.80. The minimum Gasteiger partial charge on any atom is -0.493 e. The highest BCUT2D eigenvalue weighted by Gasteiger charge is 2.30. The van der Waals surface area contributed by atoms with Crippen LogP contribution in [0, 0.1) is 6.61 Å². The number of hydrogen-bond acceptors (Lipinski definition) is 3. The molecule has 0 saturated carbocycles. The van der Waals surface area contributed by atoms with E-state index < -0.39 is 0 Å². The van der Waals surface area contributed by atoms with E-state index in [4.69, 9.17) is 14.5 Å². The Kier molecular flexibility index (Phi) is 4.09. The van der Waals surface area contributed by atoms with Crippen molar-refractivity contribution >= 4 is 10.8 Å². The Balaban J connectivity index is 1.86. The molecule has 3 nitrogen and oxygen atoms in total. The fourth-order valence-corrected chi connectivity index (χ4v) is 3.12. The van der Waals surface area contributed by atoms with Crippen LogP contribution >= 0.6 is 0 Å². The van der Waals surface area contributed by atoms with Gasteiger partial charge < -0.3 is 9.62 Å². The van der Waals surface area contributed by atoms with Gasteiger partial charge in [-0.15, -0.1) is 0 Å². The molecule has 0 fully saturated rings. The van der Waals surface area contributed by atoms with E-state index in [1.54, 1.807) is 0 Å². The second-order valence-electron chi connectivity index (χ2n) is 5.80. The molecule has 0 N–H and O–H groups in total. The molecule has 0 aromatic heterocycles. The zero-order valence-electron chi connectivity index (χ0n) is 13.5. The Bertz CT molecular complexity index is 851. The van der Waals surface area contributed by atoms with Crippen molar-refractivity contribution in [2.75, 3.05) is 6.61 Å². The second kappa shape index (κ2) is 6.54. The summed E-state index contributed by atoms with van der Waals surface area (Å²) >= 11 is 0. The van der Waals surface area contributed by atoms with Gasteiger partial charge in [0, 0.05) is 0 Å². The minimum atomic E-state index is -0.159. The summed E-state index contributed by atoms with van der Waals surface area (Å²) in [4.78, 5) is 10.5. The average molecular weight is 318 g/mol. The van der Waals surface area contributed by atoms with Gasteiger partial charge in [0.2, 0.25) is 6.61 Å². The van der Waals surface area contributed by atoms with E-state index in [9.17, 15) is 0 Å². The molecular formula is C21H18O3. The maximum atomic E-state index is 5.94. The molecule has 1 heterocycles. The third kappa shape index (κ3) is 2.61. The highest BCUT2D eigenvalue weighted by atomic mass is 17.2. The predicted molar refractivity (Wildman–Crippen MR) is 93.0 cm³/mol. The predicted octanol–water partition coefficient (Wildman–Crippen LogP) is 5.12. The van der Waals surface area contributed by atoms with E-state index in [2.05, 4.69) is 43.9 Å². The van der Waals surface area contributed by atoms with E-state index >= 15 is 0 Å². The molecule has 1 aliphatic rings. The lowest BCUT2D eigenvalue weighted by molar-refractivity contribution is -0.186. The summed E-state index contributed by atoms with van der Waals surface area (Å²) in [5, 5.41) is 2.37. The summed E-state index contributed by atoms with van der Waals surface area (Å²) in [5.41, 5.74) is 2.10. The Labute approximate surface area is 141 Å². The van der Waals surface area contributed by atoms with Crippen LogP contribution in [0.4, 0.5) is 0 Å². The molecule has 0 saturated heterocycles. The van der Waals surface area contributed by atoms with Gasteiger partial charge in [-0.2, -0.15) is 4.89 Å². The lowest BCUT2D eigenvalue weighted by atomic mass is 9.87. The van der Waals surface area contributed by atoms with Crippen LogP contribution in [0.25, 0.3) is 10.8 Å². The van der Waals surface area contributed by atoms with Crippen LogP contribution < -0.4 is 9.62 Å². The molecule has 3 aromatic rings. The number of ether oxygens (including phenoxy) is 1. The van der Waals surface area contributed by atoms with Gasteiger partial charge in [-0.25, -0.2) is 0 Å². The number of fused-ring (bicyclic) bond motifs is 2. The number of rotatable bonds is 4. The van der Waals surface area contributed by atoms with Crippen molar-refractivity contribution in [3.05, 3.63) is 78.4 Å². The lowest BCUT2D eigenvalue weighted by Crippen LogP contribution is -2.16. The van der Waals surface area contributed by atoms with E-state index in [-0.39, 0.29) is 5.92 Å². The molecule has 1 aliphatic heterocycles. The van der Waals surface area contributed by atoms with Crippen LogP contribution in [-0.2, 0) is 4.89 Å². The fraction of sp³-hybridized carbons (Fsp3) is 0.190. The molecule has 0 aliphatic carbocycles. The van der Waals surface area contributed by atoms with Crippen LogP contribution in [0.2, 0.25) is 0 Å². The minimum absolute atomic E-state index is 0.159. The topological polar surface area (TPSA) is 27.7 Å². The summed E-state index contributed by atoms with van der Waals surface area (Å²) < 4.78 is 5.94. The van der Waals surface area contributed by atoms with Gasteiger partial charge in [0.25, 0.3) is 0 Å².